The van der Waals surface area contributed by atoms with Gasteiger partial charge >= 0.3 is 6.18 Å². The van der Waals surface area contributed by atoms with E-state index in [1.807, 2.05) is 37.3 Å². The van der Waals surface area contributed by atoms with Gasteiger partial charge in [0, 0.05) is 46.4 Å². The largest absolute Gasteiger partial charge is 0.391 e. The van der Waals surface area contributed by atoms with Gasteiger partial charge in [0.1, 0.15) is 4.88 Å². The predicted molar refractivity (Wildman–Crippen MR) is 150 cm³/mol. The van der Waals surface area contributed by atoms with Crippen LogP contribution in [0.3, 0.4) is 0 Å². The molecule has 0 aliphatic carbocycles. The van der Waals surface area contributed by atoms with Gasteiger partial charge in [-0.15, -0.1) is 11.3 Å². The van der Waals surface area contributed by atoms with Crippen molar-refractivity contribution in [3.63, 3.8) is 0 Å². The van der Waals surface area contributed by atoms with E-state index in [1.54, 1.807) is 12.3 Å². The lowest BCUT2D eigenvalue weighted by molar-refractivity contribution is -0.185. The number of pyridine rings is 2. The van der Waals surface area contributed by atoms with Crippen LogP contribution in [-0.4, -0.2) is 52.6 Å². The molecule has 10 heteroatoms. The number of thiophene rings is 1. The SMILES string of the molecule is C=Cc1cc(-c2ccc3c(ccc4sc5c(c43)NC[C@@H](C)NC5=O)n2)c(CN2CCC(C(F)(F)F)CC2)cn1. The summed E-state index contributed by atoms with van der Waals surface area (Å²) < 4.78 is 40.5. The van der Waals surface area contributed by atoms with Crippen molar-refractivity contribution >= 4 is 50.0 Å². The van der Waals surface area contributed by atoms with Crippen LogP contribution in [0.2, 0.25) is 0 Å². The maximum Gasteiger partial charge on any atom is 0.391 e. The number of amides is 1. The van der Waals surface area contributed by atoms with E-state index < -0.39 is 12.1 Å². The molecular formula is C29H28F3N5OS. The van der Waals surface area contributed by atoms with E-state index in [1.165, 1.54) is 11.3 Å². The van der Waals surface area contributed by atoms with Gasteiger partial charge in [0.25, 0.3) is 5.91 Å². The Morgan fingerprint density at radius 3 is 2.74 bits per heavy atom. The van der Waals surface area contributed by atoms with Gasteiger partial charge in [-0.3, -0.25) is 14.7 Å². The Bertz CT molecular complexity index is 1590. The summed E-state index contributed by atoms with van der Waals surface area (Å²) in [6.45, 7) is 7.72. The third kappa shape index (κ3) is 4.87. The first-order valence-corrected chi connectivity index (χ1v) is 13.8. The molecule has 1 aromatic carbocycles. The summed E-state index contributed by atoms with van der Waals surface area (Å²) >= 11 is 1.47. The summed E-state index contributed by atoms with van der Waals surface area (Å²) in [5.74, 6) is -1.30. The molecule has 0 saturated carbocycles. The van der Waals surface area contributed by atoms with Crippen LogP contribution in [0.15, 0.2) is 43.1 Å². The highest BCUT2D eigenvalue weighted by atomic mass is 32.1. The van der Waals surface area contributed by atoms with Crippen LogP contribution in [0.25, 0.3) is 38.3 Å². The van der Waals surface area contributed by atoms with E-state index in [4.69, 9.17) is 4.98 Å². The van der Waals surface area contributed by atoms with Crippen LogP contribution in [-0.2, 0) is 6.54 Å². The summed E-state index contributed by atoms with van der Waals surface area (Å²) in [5, 5.41) is 8.42. The molecule has 1 atom stereocenters. The quantitative estimate of drug-likeness (QED) is 0.304. The van der Waals surface area contributed by atoms with Crippen molar-refractivity contribution < 1.29 is 18.0 Å². The smallest absolute Gasteiger partial charge is 0.381 e. The minimum atomic E-state index is -4.14. The highest BCUT2D eigenvalue weighted by Gasteiger charge is 2.41. The molecule has 39 heavy (non-hydrogen) atoms. The summed E-state index contributed by atoms with van der Waals surface area (Å²) in [6, 6.07) is 9.92. The Morgan fingerprint density at radius 1 is 1.21 bits per heavy atom. The molecule has 0 spiro atoms. The van der Waals surface area contributed by atoms with Crippen LogP contribution in [0.1, 0.15) is 40.7 Å². The van der Waals surface area contributed by atoms with E-state index in [9.17, 15) is 18.0 Å². The number of rotatable bonds is 4. The number of anilines is 1. The molecule has 4 aromatic rings. The second kappa shape index (κ2) is 9.91. The van der Waals surface area contributed by atoms with Crippen LogP contribution < -0.4 is 10.6 Å². The summed E-state index contributed by atoms with van der Waals surface area (Å²) in [7, 11) is 0. The lowest BCUT2D eigenvalue weighted by Gasteiger charge is -2.33. The number of hydrogen-bond donors (Lipinski definition) is 2. The van der Waals surface area contributed by atoms with Crippen molar-refractivity contribution in [2.24, 2.45) is 5.92 Å². The Hall–Kier alpha value is -3.50. The topological polar surface area (TPSA) is 70.2 Å². The third-order valence-electron chi connectivity index (χ3n) is 7.63. The van der Waals surface area contributed by atoms with Gasteiger partial charge in [-0.25, -0.2) is 4.98 Å². The van der Waals surface area contributed by atoms with Gasteiger partial charge in [0.15, 0.2) is 0 Å². The van der Waals surface area contributed by atoms with Gasteiger partial charge in [-0.1, -0.05) is 6.58 Å². The van der Waals surface area contributed by atoms with Crippen LogP contribution in [0, 0.1) is 5.92 Å². The highest BCUT2D eigenvalue weighted by molar-refractivity contribution is 7.21. The van der Waals surface area contributed by atoms with E-state index >= 15 is 0 Å². The molecule has 2 aliphatic rings. The number of hydrogen-bond acceptors (Lipinski definition) is 6. The van der Waals surface area contributed by atoms with Crippen LogP contribution >= 0.6 is 11.3 Å². The highest BCUT2D eigenvalue weighted by Crippen LogP contribution is 2.41. The minimum Gasteiger partial charge on any atom is -0.381 e. The number of alkyl halides is 3. The van der Waals surface area contributed by atoms with Gasteiger partial charge in [-0.05, 0) is 74.8 Å². The number of fused-ring (bicyclic) bond motifs is 5. The zero-order valence-corrected chi connectivity index (χ0v) is 22.3. The number of nitrogens with zero attached hydrogens (tertiary/aromatic N) is 3. The Kier molecular flexibility index (Phi) is 6.55. The lowest BCUT2D eigenvalue weighted by Crippen LogP contribution is -2.38. The number of halogens is 3. The van der Waals surface area contributed by atoms with Crippen molar-refractivity contribution in [1.29, 1.82) is 0 Å². The first kappa shape index (κ1) is 25.8. The number of likely N-dealkylation sites (tertiary alicyclic amines) is 1. The normalized spacial score (nSPS) is 19.0. The fourth-order valence-electron chi connectivity index (χ4n) is 5.51. The van der Waals surface area contributed by atoms with E-state index in [0.717, 1.165) is 43.5 Å². The molecule has 1 fully saturated rings. The molecular weight excluding hydrogens is 523 g/mol. The molecule has 1 saturated heterocycles. The number of nitrogens with one attached hydrogen (secondary N) is 2. The molecule has 5 heterocycles. The predicted octanol–water partition coefficient (Wildman–Crippen LogP) is 6.47. The number of carbonyl (C=O) groups is 1. The monoisotopic (exact) mass is 551 g/mol. The molecule has 0 bridgehead atoms. The van der Waals surface area contributed by atoms with Gasteiger partial charge < -0.3 is 10.6 Å². The zero-order chi connectivity index (χ0) is 27.3. The fourth-order valence-corrected chi connectivity index (χ4v) is 6.61. The number of benzene rings is 1. The second-order valence-corrected chi connectivity index (χ2v) is 11.4. The van der Waals surface area contributed by atoms with Crippen molar-refractivity contribution in [1.82, 2.24) is 20.2 Å². The third-order valence-corrected chi connectivity index (χ3v) is 8.78. The molecule has 6 rings (SSSR count). The molecule has 1 amide bonds. The maximum absolute atomic E-state index is 13.1. The number of carbonyl (C=O) groups excluding carboxylic acids is 1. The van der Waals surface area contributed by atoms with Crippen molar-refractivity contribution in [3.8, 4) is 11.3 Å². The summed E-state index contributed by atoms with van der Waals surface area (Å²) in [6.07, 6.45) is -0.470. The van der Waals surface area contributed by atoms with E-state index in [0.29, 0.717) is 36.8 Å². The van der Waals surface area contributed by atoms with Gasteiger partial charge in [0.2, 0.25) is 0 Å². The standard InChI is InChI=1S/C29H28F3N5OS/c1-3-19-12-21(17(14-33-19)15-37-10-8-18(9-11-37)29(30,31)32)23-5-4-20-22(36-23)6-7-24-25(20)26-27(39-24)28(38)35-16(2)13-34-26/h3-7,12,14,16,18,34H,1,8-11,13,15H2,2H3,(H,35,38)/t16-/m1/s1. The number of piperidine rings is 1. The molecule has 2 N–H and O–H groups in total. The van der Waals surface area contributed by atoms with Crippen molar-refractivity contribution in [2.75, 3.05) is 25.0 Å². The van der Waals surface area contributed by atoms with E-state index in [-0.39, 0.29) is 24.8 Å². The van der Waals surface area contributed by atoms with Crippen molar-refractivity contribution in [2.45, 2.75) is 38.5 Å². The zero-order valence-electron chi connectivity index (χ0n) is 21.4. The van der Waals surface area contributed by atoms with Crippen LogP contribution in [0.5, 0.6) is 0 Å². The fraction of sp³-hybridized carbons (Fsp3) is 0.345. The minimum absolute atomic E-state index is 0.0234. The average Bonchev–Trinajstić information content (AvgIpc) is 3.24. The van der Waals surface area contributed by atoms with Crippen LogP contribution in [0.4, 0.5) is 18.9 Å². The second-order valence-electron chi connectivity index (χ2n) is 10.3. The molecule has 6 nitrogen and oxygen atoms in total. The van der Waals surface area contributed by atoms with Gasteiger partial charge in [-0.2, -0.15) is 13.2 Å². The summed E-state index contributed by atoms with van der Waals surface area (Å²) in [4.78, 5) is 25.0. The molecule has 202 valence electrons. The van der Waals surface area contributed by atoms with E-state index in [2.05, 4.69) is 27.1 Å². The first-order valence-electron chi connectivity index (χ1n) is 13.0. The molecule has 0 radical (unpaired) electrons. The molecule has 2 aliphatic heterocycles. The molecule has 0 unspecified atom stereocenters. The number of aromatic nitrogens is 2. The summed E-state index contributed by atoms with van der Waals surface area (Å²) in [5.41, 5.74) is 4.90. The Morgan fingerprint density at radius 2 is 2.00 bits per heavy atom. The lowest BCUT2D eigenvalue weighted by atomic mass is 9.95. The average molecular weight is 552 g/mol. The Balaban J connectivity index is 1.37. The van der Waals surface area contributed by atoms with Gasteiger partial charge in [0.05, 0.1) is 28.5 Å². The maximum atomic E-state index is 13.1. The Labute approximate surface area is 227 Å². The first-order chi connectivity index (χ1) is 18.7. The molecule has 3 aromatic heterocycles. The van der Waals surface area contributed by atoms with Crippen molar-refractivity contribution in [3.05, 3.63) is 59.2 Å².